The third-order valence-electron chi connectivity index (χ3n) is 6.59. The molecule has 1 N–H and O–H groups in total. The average Bonchev–Trinajstić information content (AvgIpc) is 2.94. The van der Waals surface area contributed by atoms with Gasteiger partial charge < -0.3 is 24.7 Å². The second-order valence-electron chi connectivity index (χ2n) is 11.7. The maximum atomic E-state index is 13.8. The van der Waals surface area contributed by atoms with Crippen molar-refractivity contribution in [2.75, 3.05) is 49.6 Å². The number of nitrogens with one attached hydrogen (secondary N) is 1. The molecule has 0 radical (unpaired) electrons. The van der Waals surface area contributed by atoms with Crippen molar-refractivity contribution in [2.24, 2.45) is 5.16 Å². The highest BCUT2D eigenvalue weighted by atomic mass is 28.3. The number of alkyl halides is 6. The number of carbonyl (C=O) groups excluding carboxylic acids is 1. The Bertz CT molecular complexity index is 1390. The van der Waals surface area contributed by atoms with Crippen molar-refractivity contribution in [3.63, 3.8) is 0 Å². The molecule has 0 bridgehead atoms. The lowest BCUT2D eigenvalue weighted by atomic mass is 10.2. The van der Waals surface area contributed by atoms with Crippen molar-refractivity contribution >= 4 is 31.3 Å². The van der Waals surface area contributed by atoms with E-state index in [2.05, 4.69) is 45.2 Å². The van der Waals surface area contributed by atoms with Crippen LogP contribution in [0, 0.1) is 0 Å². The lowest BCUT2D eigenvalue weighted by molar-refractivity contribution is -0.139. The van der Waals surface area contributed by atoms with E-state index in [4.69, 9.17) is 9.57 Å². The zero-order chi connectivity index (χ0) is 33.6. The number of ether oxygens (including phenoxy) is 1. The van der Waals surface area contributed by atoms with Gasteiger partial charge in [-0.3, -0.25) is 9.59 Å². The Morgan fingerprint density at radius 2 is 1.67 bits per heavy atom. The third kappa shape index (κ3) is 10.4. The first-order valence-electron chi connectivity index (χ1n) is 14.0. The van der Waals surface area contributed by atoms with E-state index in [0.717, 1.165) is 12.2 Å². The second-order valence-corrected chi connectivity index (χ2v) is 17.3. The van der Waals surface area contributed by atoms with Gasteiger partial charge in [0.15, 0.2) is 0 Å². The van der Waals surface area contributed by atoms with Crippen LogP contribution >= 0.6 is 0 Å². The van der Waals surface area contributed by atoms with E-state index in [-0.39, 0.29) is 44.4 Å². The lowest BCUT2D eigenvalue weighted by Crippen LogP contribution is -2.50. The number of rotatable bonds is 12. The minimum absolute atomic E-state index is 0.0178. The maximum Gasteiger partial charge on any atom is 0.423 e. The van der Waals surface area contributed by atoms with E-state index < -0.39 is 61.5 Å². The van der Waals surface area contributed by atoms with E-state index in [1.54, 1.807) is 4.90 Å². The highest BCUT2D eigenvalue weighted by Gasteiger charge is 2.38. The number of aromatic nitrogens is 4. The number of halogens is 6. The van der Waals surface area contributed by atoms with E-state index in [1.807, 2.05) is 0 Å². The van der Waals surface area contributed by atoms with Gasteiger partial charge in [0.05, 0.1) is 23.5 Å². The van der Waals surface area contributed by atoms with Crippen LogP contribution in [0.5, 0.6) is 0 Å². The molecule has 1 aliphatic heterocycles. The minimum atomic E-state index is -4.97. The normalized spacial score (nSPS) is 15.7. The molecule has 0 spiro atoms. The van der Waals surface area contributed by atoms with Gasteiger partial charge in [0, 0.05) is 53.3 Å². The smallest absolute Gasteiger partial charge is 0.393 e. The van der Waals surface area contributed by atoms with Crippen molar-refractivity contribution in [1.82, 2.24) is 24.6 Å². The maximum absolute atomic E-state index is 13.8. The number of carbonyl (C=O) groups is 1. The molecule has 19 heteroatoms. The summed E-state index contributed by atoms with van der Waals surface area (Å²) in [6, 6.07) is 0.00589. The molecule has 0 saturated carbocycles. The second kappa shape index (κ2) is 14.6. The molecule has 3 heterocycles. The molecule has 3 rings (SSSR count). The highest BCUT2D eigenvalue weighted by Crippen LogP contribution is 2.32. The van der Waals surface area contributed by atoms with Crippen LogP contribution in [0.15, 0.2) is 28.5 Å². The van der Waals surface area contributed by atoms with Crippen molar-refractivity contribution < 1.29 is 40.7 Å². The van der Waals surface area contributed by atoms with E-state index in [0.29, 0.717) is 23.7 Å². The quantitative estimate of drug-likeness (QED) is 0.118. The van der Waals surface area contributed by atoms with Crippen LogP contribution in [-0.4, -0.2) is 89.8 Å². The Morgan fingerprint density at radius 1 is 1.04 bits per heavy atom. The van der Waals surface area contributed by atoms with Crippen LogP contribution in [0.25, 0.3) is 0 Å². The first kappa shape index (κ1) is 35.7. The van der Waals surface area contributed by atoms with Gasteiger partial charge in [0.2, 0.25) is 5.95 Å². The van der Waals surface area contributed by atoms with Gasteiger partial charge >= 0.3 is 12.4 Å². The van der Waals surface area contributed by atoms with Crippen molar-refractivity contribution in [3.8, 4) is 0 Å². The Balaban J connectivity index is 1.53. The number of hydrogen-bond donors (Lipinski definition) is 1. The number of anilines is 2. The van der Waals surface area contributed by atoms with E-state index in [1.165, 1.54) is 18.7 Å². The molecule has 12 nitrogen and oxygen atoms in total. The first-order chi connectivity index (χ1) is 20.9. The van der Waals surface area contributed by atoms with Crippen LogP contribution < -0.4 is 15.8 Å². The number of piperazine rings is 1. The molecule has 2 aromatic heterocycles. The number of hydrogen-bond acceptors (Lipinski definition) is 10. The average molecular weight is 667 g/mol. The molecule has 0 aliphatic carbocycles. The standard InChI is InChI=1S/C26H36F6N8O4Si/c1-17(36-20-14-35-40(16-43-10-11-45(3,4)5)23(42)21(20)26(30,31)32)15-44-37-18(2)22(41)38-6-8-39(9-7-38)24-33-12-19(13-34-24)25(27,28)29/h12-14,17,36H,6-11,15-16H2,1-5H3/b37-18+/t17-/m0/s1. The summed E-state index contributed by atoms with van der Waals surface area (Å²) in [6.07, 6.45) is -7.22. The summed E-state index contributed by atoms with van der Waals surface area (Å²) in [5.41, 5.74) is -4.29. The van der Waals surface area contributed by atoms with Crippen LogP contribution in [-0.2, 0) is 33.5 Å². The molecule has 0 aromatic carbocycles. The third-order valence-corrected chi connectivity index (χ3v) is 8.29. The fourth-order valence-electron chi connectivity index (χ4n) is 4.05. The molecule has 1 fully saturated rings. The monoisotopic (exact) mass is 666 g/mol. The Morgan fingerprint density at radius 3 is 2.22 bits per heavy atom. The van der Waals surface area contributed by atoms with Gasteiger partial charge in [-0.05, 0) is 19.9 Å². The molecule has 1 atom stereocenters. The summed E-state index contributed by atoms with van der Waals surface area (Å²) in [7, 11) is -1.43. The van der Waals surface area contributed by atoms with Crippen molar-refractivity contribution in [2.45, 2.75) is 64.7 Å². The lowest BCUT2D eigenvalue weighted by Gasteiger charge is -2.34. The fraction of sp³-hybridized carbons (Fsp3) is 0.615. The molecule has 1 aliphatic rings. The number of amides is 1. The summed E-state index contributed by atoms with van der Waals surface area (Å²) in [6.45, 7) is 9.88. The fourth-order valence-corrected chi connectivity index (χ4v) is 4.81. The molecular weight excluding hydrogens is 630 g/mol. The summed E-state index contributed by atoms with van der Waals surface area (Å²) in [5.74, 6) is -0.347. The summed E-state index contributed by atoms with van der Waals surface area (Å²) in [4.78, 5) is 41.2. The molecule has 1 saturated heterocycles. The molecule has 2 aromatic rings. The van der Waals surface area contributed by atoms with Gasteiger partial charge in [-0.15, -0.1) is 0 Å². The predicted molar refractivity (Wildman–Crippen MR) is 156 cm³/mol. The van der Waals surface area contributed by atoms with Crippen LogP contribution in [0.4, 0.5) is 38.0 Å². The van der Waals surface area contributed by atoms with Crippen LogP contribution in [0.2, 0.25) is 25.7 Å². The van der Waals surface area contributed by atoms with Gasteiger partial charge in [0.1, 0.15) is 24.6 Å². The summed E-state index contributed by atoms with van der Waals surface area (Å²) in [5, 5.41) is 10.2. The van der Waals surface area contributed by atoms with E-state index >= 15 is 0 Å². The molecular formula is C26H36F6N8O4Si. The molecule has 0 unspecified atom stereocenters. The zero-order valence-electron chi connectivity index (χ0n) is 25.5. The van der Waals surface area contributed by atoms with Crippen molar-refractivity contribution in [1.29, 1.82) is 0 Å². The molecule has 250 valence electrons. The summed E-state index contributed by atoms with van der Waals surface area (Å²) < 4.78 is 85.7. The Hall–Kier alpha value is -3.74. The van der Waals surface area contributed by atoms with Crippen LogP contribution in [0.3, 0.4) is 0 Å². The van der Waals surface area contributed by atoms with Crippen LogP contribution in [0.1, 0.15) is 25.0 Å². The molecule has 1 amide bonds. The van der Waals surface area contributed by atoms with Gasteiger partial charge in [-0.2, -0.15) is 31.4 Å². The number of nitrogens with zero attached hydrogens (tertiary/aromatic N) is 7. The SMILES string of the molecule is C/C(=N\OC[C@H](C)Nc1cnn(COCC[Si](C)(C)C)c(=O)c1C(F)(F)F)C(=O)N1CCN(c2ncc(C(F)(F)F)cn2)CC1. The van der Waals surface area contributed by atoms with Gasteiger partial charge in [0.25, 0.3) is 11.5 Å². The minimum Gasteiger partial charge on any atom is -0.393 e. The Labute approximate surface area is 256 Å². The number of oxime groups is 1. The Kier molecular flexibility index (Phi) is 11.6. The largest absolute Gasteiger partial charge is 0.423 e. The van der Waals surface area contributed by atoms with E-state index in [9.17, 15) is 35.9 Å². The van der Waals surface area contributed by atoms with Gasteiger partial charge in [-0.1, -0.05) is 24.8 Å². The zero-order valence-corrected chi connectivity index (χ0v) is 26.5. The molecule has 45 heavy (non-hydrogen) atoms. The first-order valence-corrected chi connectivity index (χ1v) is 17.7. The predicted octanol–water partition coefficient (Wildman–Crippen LogP) is 3.92. The van der Waals surface area contributed by atoms with Crippen molar-refractivity contribution in [3.05, 3.63) is 40.1 Å². The highest BCUT2D eigenvalue weighted by molar-refractivity contribution is 6.76. The summed E-state index contributed by atoms with van der Waals surface area (Å²) >= 11 is 0. The topological polar surface area (TPSA) is 127 Å². The van der Waals surface area contributed by atoms with Gasteiger partial charge in [-0.25, -0.2) is 14.6 Å².